The fourth-order valence-electron chi connectivity index (χ4n) is 7.22. The molecule has 0 spiro atoms. The molecule has 6 atom stereocenters. The lowest BCUT2D eigenvalue weighted by molar-refractivity contribution is -0.284. The number of alkyl halides is 5. The van der Waals surface area contributed by atoms with Crippen molar-refractivity contribution in [3.05, 3.63) is 23.3 Å². The van der Waals surface area contributed by atoms with E-state index in [-0.39, 0.29) is 46.3 Å². The number of carbonyl (C=O) groups is 1. The maximum atomic E-state index is 13.1. The van der Waals surface area contributed by atoms with Crippen LogP contribution in [0.25, 0.3) is 0 Å². The van der Waals surface area contributed by atoms with Gasteiger partial charge in [0.05, 0.1) is 7.11 Å². The number of ketones is 1. The molecule has 1 aromatic carbocycles. The normalized spacial score (nSPS) is 30.4. The molecule has 0 amide bonds. The van der Waals surface area contributed by atoms with Crippen molar-refractivity contribution in [2.45, 2.75) is 82.7 Å². The van der Waals surface area contributed by atoms with Crippen LogP contribution in [-0.2, 0) is 22.0 Å². The van der Waals surface area contributed by atoms with Crippen molar-refractivity contribution >= 4 is 16.6 Å². The first-order valence-corrected chi connectivity index (χ1v) is 14.5. The van der Waals surface area contributed by atoms with E-state index in [1.54, 1.807) is 6.07 Å². The summed E-state index contributed by atoms with van der Waals surface area (Å²) in [6.45, 7) is 2.08. The summed E-state index contributed by atoms with van der Waals surface area (Å²) in [6, 6.07) is 3.67. The molecular formula is C27H35F5O4S. The largest absolute Gasteiger partial charge is 0.504 e. The van der Waals surface area contributed by atoms with E-state index in [1.165, 1.54) is 7.11 Å². The van der Waals surface area contributed by atoms with E-state index < -0.39 is 35.7 Å². The Kier molecular flexibility index (Phi) is 8.00. The van der Waals surface area contributed by atoms with E-state index in [2.05, 4.69) is 6.92 Å². The molecule has 2 fully saturated rings. The zero-order valence-corrected chi connectivity index (χ0v) is 22.0. The number of ether oxygens (including phenoxy) is 1. The Labute approximate surface area is 216 Å². The lowest BCUT2D eigenvalue weighted by Gasteiger charge is -2.51. The van der Waals surface area contributed by atoms with Crippen LogP contribution >= 0.6 is 0 Å². The molecule has 0 saturated heterocycles. The van der Waals surface area contributed by atoms with Crippen molar-refractivity contribution in [1.82, 2.24) is 0 Å². The van der Waals surface area contributed by atoms with Crippen LogP contribution in [0.15, 0.2) is 12.1 Å². The first-order chi connectivity index (χ1) is 17.3. The molecule has 1 aromatic rings. The maximum absolute atomic E-state index is 13.1. The van der Waals surface area contributed by atoms with Crippen LogP contribution in [0.3, 0.4) is 0 Å². The smallest absolute Gasteiger partial charge is 0.453 e. The Hall–Kier alpha value is -1.71. The van der Waals surface area contributed by atoms with Crippen molar-refractivity contribution in [3.63, 3.8) is 0 Å². The van der Waals surface area contributed by atoms with Crippen LogP contribution < -0.4 is 4.74 Å². The molecule has 1 unspecified atom stereocenters. The van der Waals surface area contributed by atoms with Gasteiger partial charge in [-0.15, -0.1) is 0 Å². The van der Waals surface area contributed by atoms with Crippen molar-refractivity contribution in [1.29, 1.82) is 0 Å². The van der Waals surface area contributed by atoms with Crippen LogP contribution in [0.1, 0.15) is 75.3 Å². The standard InChI is InChI=1S/C27H35F5O4S/c1-25-10-8-18-19-15-22(36-2)21(33)14-17(19)13-16(24(18)20(25)6-7-23(25)34)5-3-11-37(35)12-4-9-26(28,29)27(30,31)32/h14-16,18,20,24,33H,3-13H2,1-2H3/t16-,18-,20+,24-,25+,37?/m1/s1. The van der Waals surface area contributed by atoms with Gasteiger partial charge in [0.25, 0.3) is 0 Å². The molecule has 0 aromatic heterocycles. The van der Waals surface area contributed by atoms with Crippen molar-refractivity contribution in [3.8, 4) is 11.5 Å². The second-order valence-electron chi connectivity index (χ2n) is 11.2. The topological polar surface area (TPSA) is 63.6 Å². The van der Waals surface area contributed by atoms with Crippen LogP contribution in [0, 0.1) is 23.2 Å². The summed E-state index contributed by atoms with van der Waals surface area (Å²) in [4.78, 5) is 12.8. The molecule has 0 aliphatic heterocycles. The minimum Gasteiger partial charge on any atom is -0.504 e. The summed E-state index contributed by atoms with van der Waals surface area (Å²) in [5.41, 5.74) is 1.87. The summed E-state index contributed by atoms with van der Waals surface area (Å²) in [5.74, 6) is -2.96. The van der Waals surface area contributed by atoms with E-state index in [9.17, 15) is 36.1 Å². The van der Waals surface area contributed by atoms with Gasteiger partial charge in [0.15, 0.2) is 11.5 Å². The van der Waals surface area contributed by atoms with Gasteiger partial charge in [-0.05, 0) is 91.9 Å². The van der Waals surface area contributed by atoms with Gasteiger partial charge in [0, 0.05) is 40.6 Å². The molecule has 4 rings (SSSR count). The predicted molar refractivity (Wildman–Crippen MR) is 131 cm³/mol. The zero-order valence-electron chi connectivity index (χ0n) is 21.2. The number of hydrogen-bond donors (Lipinski definition) is 1. The number of phenols is 1. The summed E-state index contributed by atoms with van der Waals surface area (Å²) < 4.78 is 81.0. The number of halogens is 5. The van der Waals surface area contributed by atoms with Crippen molar-refractivity contribution in [2.24, 2.45) is 23.2 Å². The maximum Gasteiger partial charge on any atom is 0.453 e. The third-order valence-corrected chi connectivity index (χ3v) is 10.6. The third-order valence-electron chi connectivity index (χ3n) is 9.13. The zero-order chi connectivity index (χ0) is 27.2. The Balaban J connectivity index is 1.44. The lowest BCUT2D eigenvalue weighted by atomic mass is 9.52. The Morgan fingerprint density at radius 2 is 1.84 bits per heavy atom. The quantitative estimate of drug-likeness (QED) is 0.354. The van der Waals surface area contributed by atoms with E-state index in [0.29, 0.717) is 30.8 Å². The second kappa shape index (κ2) is 10.5. The van der Waals surface area contributed by atoms with Crippen molar-refractivity contribution < 1.29 is 40.8 Å². The highest BCUT2D eigenvalue weighted by Gasteiger charge is 2.57. The van der Waals surface area contributed by atoms with Crippen molar-refractivity contribution in [2.75, 3.05) is 18.6 Å². The van der Waals surface area contributed by atoms with Crippen LogP contribution in [0.4, 0.5) is 22.0 Å². The lowest BCUT2D eigenvalue weighted by Crippen LogP contribution is -2.46. The monoisotopic (exact) mass is 550 g/mol. The number of benzene rings is 1. The van der Waals surface area contributed by atoms with Gasteiger partial charge in [-0.1, -0.05) is 6.92 Å². The van der Waals surface area contributed by atoms with E-state index in [4.69, 9.17) is 4.74 Å². The Morgan fingerprint density at radius 1 is 1.14 bits per heavy atom. The number of phenolic OH excluding ortho intramolecular Hbond substituents is 1. The average Bonchev–Trinajstić information content (AvgIpc) is 3.12. The predicted octanol–water partition coefficient (Wildman–Crippen LogP) is 6.56. The summed E-state index contributed by atoms with van der Waals surface area (Å²) in [6.07, 6.45) is -2.30. The number of hydrogen-bond acceptors (Lipinski definition) is 4. The summed E-state index contributed by atoms with van der Waals surface area (Å²) in [7, 11) is 0.0371. The van der Waals surface area contributed by atoms with Gasteiger partial charge in [0.1, 0.15) is 5.78 Å². The number of aromatic hydroxyl groups is 1. The minimum atomic E-state index is -5.59. The van der Waals surface area contributed by atoms with Gasteiger partial charge >= 0.3 is 12.1 Å². The molecule has 37 heavy (non-hydrogen) atoms. The van der Waals surface area contributed by atoms with Crippen LogP contribution in [0.2, 0.25) is 0 Å². The number of Topliss-reactive ketones (excluding diaryl/α,β-unsaturated/α-hetero) is 1. The Morgan fingerprint density at radius 3 is 2.51 bits per heavy atom. The number of fused-ring (bicyclic) bond motifs is 5. The number of methoxy groups -OCH3 is 1. The molecular weight excluding hydrogens is 515 g/mol. The molecule has 3 aliphatic carbocycles. The molecule has 1 N–H and O–H groups in total. The fraction of sp³-hybridized carbons (Fsp3) is 0.741. The minimum absolute atomic E-state index is 0.0758. The highest BCUT2D eigenvalue weighted by molar-refractivity contribution is 7.84. The summed E-state index contributed by atoms with van der Waals surface area (Å²) in [5, 5.41) is 10.4. The molecule has 3 aliphatic rings. The van der Waals surface area contributed by atoms with Gasteiger partial charge in [0.2, 0.25) is 0 Å². The molecule has 0 radical (unpaired) electrons. The molecule has 0 heterocycles. The molecule has 0 bridgehead atoms. The van der Waals surface area contributed by atoms with Gasteiger partial charge in [-0.25, -0.2) is 0 Å². The summed E-state index contributed by atoms with van der Waals surface area (Å²) >= 11 is 0. The van der Waals surface area contributed by atoms with E-state index in [1.807, 2.05) is 6.07 Å². The van der Waals surface area contributed by atoms with Gasteiger partial charge in [-0.2, -0.15) is 22.0 Å². The first kappa shape index (κ1) is 28.3. The highest BCUT2D eigenvalue weighted by Crippen LogP contribution is 2.62. The third kappa shape index (κ3) is 5.41. The average molecular weight is 551 g/mol. The molecule has 208 valence electrons. The van der Waals surface area contributed by atoms with Crippen LogP contribution in [0.5, 0.6) is 11.5 Å². The highest BCUT2D eigenvalue weighted by atomic mass is 32.2. The number of carbonyl (C=O) groups excluding carboxylic acids is 1. The SMILES string of the molecule is COc1cc2c(cc1O)C[C@@H](CCCS(=O)CCCC(F)(F)C(F)(F)F)[C@@H]1[C@@H]2CC[C@]2(C)C(=O)CC[C@@H]12. The molecule has 10 heteroatoms. The van der Waals surface area contributed by atoms with Crippen LogP contribution in [-0.4, -0.2) is 45.8 Å². The number of rotatable bonds is 9. The molecule has 2 saturated carbocycles. The second-order valence-corrected chi connectivity index (χ2v) is 12.9. The molecule has 4 nitrogen and oxygen atoms in total. The van der Waals surface area contributed by atoms with E-state index >= 15 is 0 Å². The fourth-order valence-corrected chi connectivity index (χ4v) is 8.38. The van der Waals surface area contributed by atoms with Gasteiger partial charge < -0.3 is 9.84 Å². The van der Waals surface area contributed by atoms with Gasteiger partial charge in [-0.3, -0.25) is 9.00 Å². The van der Waals surface area contributed by atoms with E-state index in [0.717, 1.165) is 36.8 Å². The first-order valence-electron chi connectivity index (χ1n) is 13.0. The Bertz CT molecular complexity index is 1040.